The number of rotatable bonds is 8. The maximum atomic E-state index is 12.2. The SMILES string of the molecule is CCC(C)(CC)C(=O)/C=C(\O)C(C)(CC)CC.Cc1cc2c(ccc3sc4c(-c5[c-]c6ccsc6c(C(C)(C)C)c5)ncnc4c32)s1.[Ir]. The minimum atomic E-state index is -0.337. The Kier molecular flexibility index (Phi) is 11.8. The van der Waals surface area contributed by atoms with Crippen molar-refractivity contribution in [3.8, 4) is 11.3 Å². The molecule has 4 aromatic heterocycles. The quantitative estimate of drug-likeness (QED) is 0.0940. The molecule has 0 spiro atoms. The summed E-state index contributed by atoms with van der Waals surface area (Å²) in [5.41, 5.74) is 3.90. The van der Waals surface area contributed by atoms with E-state index < -0.39 is 0 Å². The molecule has 257 valence electrons. The van der Waals surface area contributed by atoms with Gasteiger partial charge in [-0.2, -0.15) is 11.3 Å². The Balaban J connectivity index is 0.000000251. The Morgan fingerprint density at radius 1 is 0.875 bits per heavy atom. The molecule has 1 N–H and O–H groups in total. The zero-order valence-corrected chi connectivity index (χ0v) is 34.6. The molecule has 0 amide bonds. The summed E-state index contributed by atoms with van der Waals surface area (Å²) >= 11 is 5.43. The minimum Gasteiger partial charge on any atom is -0.512 e. The predicted octanol–water partition coefficient (Wildman–Crippen LogP) is 13.0. The van der Waals surface area contributed by atoms with Gasteiger partial charge in [-0.25, -0.2) is 4.98 Å². The van der Waals surface area contributed by atoms with Gasteiger partial charge >= 0.3 is 0 Å². The molecule has 2 aromatic carbocycles. The third-order valence-corrected chi connectivity index (χ3v) is 13.3. The molecule has 0 saturated heterocycles. The molecule has 1 radical (unpaired) electrons. The van der Waals surface area contributed by atoms with E-state index in [1.54, 1.807) is 29.0 Å². The van der Waals surface area contributed by atoms with Crippen LogP contribution in [0.3, 0.4) is 0 Å². The molecule has 4 nitrogen and oxygen atoms in total. The monoisotopic (exact) mass is 876 g/mol. The van der Waals surface area contributed by atoms with E-state index in [1.165, 1.54) is 46.8 Å². The predicted molar refractivity (Wildman–Crippen MR) is 206 cm³/mol. The van der Waals surface area contributed by atoms with Gasteiger partial charge in [0.25, 0.3) is 0 Å². The smallest absolute Gasteiger partial charge is 0.164 e. The molecule has 0 aliphatic heterocycles. The van der Waals surface area contributed by atoms with Gasteiger partial charge in [-0.1, -0.05) is 73.4 Å². The first-order valence-corrected chi connectivity index (χ1v) is 19.2. The van der Waals surface area contributed by atoms with Crippen LogP contribution in [0.1, 0.15) is 98.4 Å². The number of fused-ring (bicyclic) bond motifs is 6. The van der Waals surface area contributed by atoms with E-state index in [1.807, 2.05) is 52.9 Å². The number of hydrogen-bond donors (Lipinski definition) is 1. The van der Waals surface area contributed by atoms with Crippen LogP contribution in [0.15, 0.2) is 53.9 Å². The normalized spacial score (nSPS) is 12.8. The van der Waals surface area contributed by atoms with Gasteiger partial charge < -0.3 is 5.11 Å². The van der Waals surface area contributed by atoms with Crippen LogP contribution in [0.25, 0.3) is 51.7 Å². The molecule has 8 heteroatoms. The molecule has 4 heterocycles. The van der Waals surface area contributed by atoms with Crippen molar-refractivity contribution in [1.82, 2.24) is 9.97 Å². The summed E-state index contributed by atoms with van der Waals surface area (Å²) in [6.07, 6.45) is 6.47. The van der Waals surface area contributed by atoms with Gasteiger partial charge in [0, 0.05) is 72.5 Å². The second-order valence-corrected chi connectivity index (χ2v) is 17.4. The van der Waals surface area contributed by atoms with Crippen LogP contribution >= 0.6 is 34.0 Å². The van der Waals surface area contributed by atoms with Gasteiger partial charge in [0.15, 0.2) is 5.78 Å². The number of thiophene rings is 3. The molecule has 0 bridgehead atoms. The summed E-state index contributed by atoms with van der Waals surface area (Å²) in [5, 5.41) is 16.0. The van der Waals surface area contributed by atoms with Crippen LogP contribution in [0, 0.1) is 23.8 Å². The summed E-state index contributed by atoms with van der Waals surface area (Å²) in [6.45, 7) is 21.1. The number of aliphatic hydroxyl groups excluding tert-OH is 1. The summed E-state index contributed by atoms with van der Waals surface area (Å²) < 4.78 is 5.06. The number of ketones is 1. The van der Waals surface area contributed by atoms with Crippen molar-refractivity contribution >= 4 is 80.3 Å². The standard InChI is InChI=1S/C25H19N2S3.C15H28O2.Ir/c1-13-9-16-18(29-13)5-6-19-20(16)22-24(30-19)21(26-12-27-22)15-10-14-7-8-28-23(14)17(11-15)25(2,3)4;1-7-14(5,8-2)12(16)11-13(17)15(6,9-3)10-4;/h5-9,11-12H,1-4H3;11,16H,7-10H2,1-6H3;/q-1;;/b;12-11-;. The zero-order chi connectivity index (χ0) is 34.3. The van der Waals surface area contributed by atoms with E-state index in [2.05, 4.69) is 69.5 Å². The molecule has 48 heavy (non-hydrogen) atoms. The van der Waals surface area contributed by atoms with E-state index in [0.717, 1.165) is 47.2 Å². The first kappa shape index (κ1) is 38.3. The van der Waals surface area contributed by atoms with Gasteiger partial charge in [0.05, 0.1) is 5.52 Å². The fraction of sp³-hybridized carbons (Fsp3) is 0.425. The molecule has 0 saturated carbocycles. The first-order valence-electron chi connectivity index (χ1n) is 16.7. The maximum Gasteiger partial charge on any atom is 0.164 e. The number of aromatic nitrogens is 2. The fourth-order valence-corrected chi connectivity index (χ4v) is 9.06. The molecule has 0 fully saturated rings. The number of hydrogen-bond acceptors (Lipinski definition) is 7. The number of allylic oxidation sites excluding steroid dienone is 2. The van der Waals surface area contributed by atoms with Crippen molar-refractivity contribution in [2.45, 2.75) is 100 Å². The Hall–Kier alpha value is -2.48. The molecular weight excluding hydrogens is 829 g/mol. The van der Waals surface area contributed by atoms with Crippen molar-refractivity contribution in [3.63, 3.8) is 0 Å². The van der Waals surface area contributed by atoms with Crippen LogP contribution < -0.4 is 0 Å². The number of carbonyl (C=O) groups excluding carboxylic acids is 1. The van der Waals surface area contributed by atoms with Crippen LogP contribution in [0.2, 0.25) is 0 Å². The van der Waals surface area contributed by atoms with Crippen molar-refractivity contribution in [2.24, 2.45) is 10.8 Å². The average Bonchev–Trinajstić information content (AvgIpc) is 3.78. The van der Waals surface area contributed by atoms with Crippen molar-refractivity contribution < 1.29 is 30.0 Å². The summed E-state index contributed by atoms with van der Waals surface area (Å²) in [4.78, 5) is 23.0. The summed E-state index contributed by atoms with van der Waals surface area (Å²) in [7, 11) is 0. The largest absolute Gasteiger partial charge is 0.512 e. The van der Waals surface area contributed by atoms with Crippen LogP contribution in [0.4, 0.5) is 0 Å². The third-order valence-electron chi connectivity index (χ3n) is 10.2. The number of aryl methyl sites for hydroxylation is 1. The van der Waals surface area contributed by atoms with E-state index in [0.29, 0.717) is 0 Å². The number of benzene rings is 2. The minimum absolute atomic E-state index is 0. The summed E-state index contributed by atoms with van der Waals surface area (Å²) in [5.74, 6) is 0.286. The van der Waals surface area contributed by atoms with Crippen molar-refractivity contribution in [1.29, 1.82) is 0 Å². The molecule has 6 rings (SSSR count). The topological polar surface area (TPSA) is 63.1 Å². The maximum absolute atomic E-state index is 12.2. The molecular formula is C40H47IrN2O2S3-. The van der Waals surface area contributed by atoms with E-state index in [-0.39, 0.29) is 47.9 Å². The molecule has 0 aliphatic rings. The Labute approximate surface area is 311 Å². The molecule has 0 atom stereocenters. The van der Waals surface area contributed by atoms with E-state index >= 15 is 0 Å². The number of aliphatic hydroxyl groups is 1. The van der Waals surface area contributed by atoms with Gasteiger partial charge in [-0.05, 0) is 66.3 Å². The Bertz CT molecular complexity index is 2100. The van der Waals surface area contributed by atoms with Gasteiger partial charge in [0.1, 0.15) is 12.1 Å². The molecule has 0 aliphatic carbocycles. The zero-order valence-electron chi connectivity index (χ0n) is 29.8. The average molecular weight is 876 g/mol. The second kappa shape index (κ2) is 14.8. The molecule has 6 aromatic rings. The molecule has 0 unspecified atom stereocenters. The van der Waals surface area contributed by atoms with Crippen LogP contribution in [0.5, 0.6) is 0 Å². The van der Waals surface area contributed by atoms with Gasteiger partial charge in [-0.15, -0.1) is 46.3 Å². The van der Waals surface area contributed by atoms with E-state index in [4.69, 9.17) is 9.97 Å². The van der Waals surface area contributed by atoms with Crippen LogP contribution in [-0.4, -0.2) is 20.9 Å². The van der Waals surface area contributed by atoms with Gasteiger partial charge in [-0.3, -0.25) is 9.78 Å². The summed E-state index contributed by atoms with van der Waals surface area (Å²) in [6, 6.07) is 14.9. The first-order chi connectivity index (χ1) is 22.2. The van der Waals surface area contributed by atoms with E-state index in [9.17, 15) is 9.90 Å². The number of nitrogens with zero attached hydrogens (tertiary/aromatic N) is 2. The number of carbonyl (C=O) groups is 1. The van der Waals surface area contributed by atoms with Crippen molar-refractivity contribution in [3.05, 3.63) is 70.4 Å². The Morgan fingerprint density at radius 3 is 2.15 bits per heavy atom. The van der Waals surface area contributed by atoms with Crippen LogP contribution in [-0.2, 0) is 30.3 Å². The third kappa shape index (κ3) is 7.20. The van der Waals surface area contributed by atoms with Crippen molar-refractivity contribution in [2.75, 3.05) is 0 Å². The van der Waals surface area contributed by atoms with Gasteiger partial charge in [0.2, 0.25) is 0 Å². The second-order valence-electron chi connectivity index (χ2n) is 14.1. The fourth-order valence-electron chi connectivity index (χ4n) is 5.87. The Morgan fingerprint density at radius 2 is 1.52 bits per heavy atom.